The van der Waals surface area contributed by atoms with Crippen LogP contribution < -0.4 is 0 Å². The Balaban J connectivity index is 2.30. The Morgan fingerprint density at radius 1 is 1.56 bits per heavy atom. The van der Waals surface area contributed by atoms with E-state index in [0.29, 0.717) is 0 Å². The second kappa shape index (κ2) is 2.62. The smallest absolute Gasteiger partial charge is 0.180 e. The van der Waals surface area contributed by atoms with E-state index < -0.39 is 12.4 Å². The first-order valence-electron chi connectivity index (χ1n) is 2.83. The van der Waals surface area contributed by atoms with Crippen LogP contribution in [0.4, 0.5) is 0 Å². The van der Waals surface area contributed by atoms with E-state index in [2.05, 4.69) is 0 Å². The summed E-state index contributed by atoms with van der Waals surface area (Å²) < 4.78 is 9.78. The third-order valence-electron chi connectivity index (χ3n) is 1.19. The van der Waals surface area contributed by atoms with Crippen LogP contribution in [0.5, 0.6) is 0 Å². The van der Waals surface area contributed by atoms with Crippen LogP contribution >= 0.6 is 0 Å². The maximum atomic E-state index is 8.52. The highest BCUT2D eigenvalue weighted by Gasteiger charge is 2.27. The fourth-order valence-electron chi connectivity index (χ4n) is 0.711. The van der Waals surface area contributed by atoms with Crippen molar-refractivity contribution in [1.82, 2.24) is 0 Å². The second-order valence-electron chi connectivity index (χ2n) is 1.99. The average Bonchev–Trinajstić information content (AvgIpc) is 2.14. The second-order valence-corrected chi connectivity index (χ2v) is 1.99. The lowest BCUT2D eigenvalue weighted by Gasteiger charge is -2.08. The monoisotopic (exact) mass is 134 g/mol. The normalized spacial score (nSPS) is 36.0. The first-order chi connectivity index (χ1) is 4.20. The van der Waals surface area contributed by atoms with Gasteiger partial charge in [-0.2, -0.15) is 0 Å². The van der Waals surface area contributed by atoms with Crippen LogP contribution in [0.1, 0.15) is 6.92 Å². The SMILES string of the molecule is CC1OCC(C(O)O)O1. The quantitative estimate of drug-likeness (QED) is 0.454. The number of hydrogen-bond acceptors (Lipinski definition) is 4. The molecule has 1 aliphatic heterocycles. The van der Waals surface area contributed by atoms with E-state index in [1.807, 2.05) is 0 Å². The van der Waals surface area contributed by atoms with Gasteiger partial charge in [0.05, 0.1) is 6.61 Å². The first kappa shape index (κ1) is 6.95. The molecule has 1 fully saturated rings. The predicted octanol–water partition coefficient (Wildman–Crippen LogP) is -0.942. The van der Waals surface area contributed by atoms with Gasteiger partial charge in [0.1, 0.15) is 6.10 Å². The molecule has 0 bridgehead atoms. The number of rotatable bonds is 1. The number of hydrogen-bond donors (Lipinski definition) is 2. The van der Waals surface area contributed by atoms with Crippen molar-refractivity contribution in [2.75, 3.05) is 6.61 Å². The minimum atomic E-state index is -1.42. The minimum absolute atomic E-state index is 0.263. The number of aliphatic hydroxyl groups is 2. The summed E-state index contributed by atoms with van der Waals surface area (Å²) in [6.07, 6.45) is -2.30. The molecule has 0 spiro atoms. The van der Waals surface area contributed by atoms with Crippen LogP contribution in [0.25, 0.3) is 0 Å². The largest absolute Gasteiger partial charge is 0.366 e. The molecule has 0 radical (unpaired) electrons. The topological polar surface area (TPSA) is 58.9 Å². The zero-order valence-corrected chi connectivity index (χ0v) is 5.15. The van der Waals surface area contributed by atoms with Crippen LogP contribution in [0.3, 0.4) is 0 Å². The van der Waals surface area contributed by atoms with Crippen LogP contribution in [0.15, 0.2) is 0 Å². The van der Waals surface area contributed by atoms with Crippen molar-refractivity contribution in [1.29, 1.82) is 0 Å². The van der Waals surface area contributed by atoms with Gasteiger partial charge in [-0.05, 0) is 6.92 Å². The van der Waals surface area contributed by atoms with Crippen molar-refractivity contribution in [3.05, 3.63) is 0 Å². The van der Waals surface area contributed by atoms with Gasteiger partial charge < -0.3 is 19.7 Å². The fraction of sp³-hybridized carbons (Fsp3) is 1.00. The molecule has 2 N–H and O–H groups in total. The molecule has 1 heterocycles. The van der Waals surface area contributed by atoms with Crippen molar-refractivity contribution < 1.29 is 19.7 Å². The molecule has 1 rings (SSSR count). The van der Waals surface area contributed by atoms with Gasteiger partial charge in [0.25, 0.3) is 0 Å². The van der Waals surface area contributed by atoms with Gasteiger partial charge in [0.2, 0.25) is 0 Å². The van der Waals surface area contributed by atoms with Crippen molar-refractivity contribution in [3.63, 3.8) is 0 Å². The molecule has 0 aliphatic carbocycles. The molecule has 0 aromatic heterocycles. The van der Waals surface area contributed by atoms with E-state index in [1.165, 1.54) is 0 Å². The number of ether oxygens (including phenoxy) is 2. The van der Waals surface area contributed by atoms with E-state index in [-0.39, 0.29) is 12.9 Å². The van der Waals surface area contributed by atoms with Crippen LogP contribution in [0, 0.1) is 0 Å². The Bertz CT molecular complexity index is 93.0. The maximum Gasteiger partial charge on any atom is 0.180 e. The molecule has 4 nitrogen and oxygen atoms in total. The van der Waals surface area contributed by atoms with E-state index in [9.17, 15) is 0 Å². The van der Waals surface area contributed by atoms with Gasteiger partial charge in [0, 0.05) is 0 Å². The molecule has 0 amide bonds. The lowest BCUT2D eigenvalue weighted by atomic mass is 10.4. The Morgan fingerprint density at radius 3 is 2.44 bits per heavy atom. The lowest BCUT2D eigenvalue weighted by molar-refractivity contribution is -0.141. The van der Waals surface area contributed by atoms with Gasteiger partial charge >= 0.3 is 0 Å². The van der Waals surface area contributed by atoms with Crippen LogP contribution in [0.2, 0.25) is 0 Å². The third-order valence-corrected chi connectivity index (χ3v) is 1.19. The van der Waals surface area contributed by atoms with Crippen molar-refractivity contribution in [3.8, 4) is 0 Å². The predicted molar refractivity (Wildman–Crippen MR) is 28.5 cm³/mol. The summed E-state index contributed by atoms with van der Waals surface area (Å²) in [6.45, 7) is 1.97. The summed E-state index contributed by atoms with van der Waals surface area (Å²) in [5.41, 5.74) is 0. The van der Waals surface area contributed by atoms with E-state index in [0.717, 1.165) is 0 Å². The van der Waals surface area contributed by atoms with Gasteiger partial charge in [-0.25, -0.2) is 0 Å². The first-order valence-corrected chi connectivity index (χ1v) is 2.83. The molecule has 4 heteroatoms. The molecule has 2 atom stereocenters. The molecule has 0 aromatic rings. The summed E-state index contributed by atoms with van der Waals surface area (Å²) in [6, 6.07) is 0. The van der Waals surface area contributed by atoms with E-state index >= 15 is 0 Å². The third kappa shape index (κ3) is 1.62. The Kier molecular flexibility index (Phi) is 2.02. The Hall–Kier alpha value is -0.160. The summed E-state index contributed by atoms with van der Waals surface area (Å²) in [4.78, 5) is 0. The molecule has 54 valence electrons. The standard InChI is InChI=1S/C5H10O4/c1-3-8-2-4(9-3)5(6)7/h3-7H,2H2,1H3. The minimum Gasteiger partial charge on any atom is -0.366 e. The summed E-state index contributed by atoms with van der Waals surface area (Å²) >= 11 is 0. The Morgan fingerprint density at radius 2 is 2.22 bits per heavy atom. The average molecular weight is 134 g/mol. The highest BCUT2D eigenvalue weighted by Crippen LogP contribution is 2.12. The Labute approximate surface area is 53.0 Å². The van der Waals surface area contributed by atoms with Crippen molar-refractivity contribution in [2.45, 2.75) is 25.6 Å². The van der Waals surface area contributed by atoms with E-state index in [1.54, 1.807) is 6.92 Å². The number of aliphatic hydroxyl groups excluding tert-OH is 1. The van der Waals surface area contributed by atoms with E-state index in [4.69, 9.17) is 19.7 Å². The summed E-state index contributed by atoms with van der Waals surface area (Å²) in [5, 5.41) is 17.0. The van der Waals surface area contributed by atoms with Gasteiger partial charge in [-0.15, -0.1) is 0 Å². The molecular formula is C5H10O4. The lowest BCUT2D eigenvalue weighted by Crippen LogP contribution is -2.27. The molecular weight excluding hydrogens is 124 g/mol. The molecule has 2 unspecified atom stereocenters. The van der Waals surface area contributed by atoms with Gasteiger partial charge in [-0.1, -0.05) is 0 Å². The highest BCUT2D eigenvalue weighted by atomic mass is 16.7. The summed E-state index contributed by atoms with van der Waals surface area (Å²) in [7, 11) is 0. The zero-order valence-electron chi connectivity index (χ0n) is 5.15. The molecule has 1 aliphatic rings. The summed E-state index contributed by atoms with van der Waals surface area (Å²) in [5.74, 6) is 0. The fourth-order valence-corrected chi connectivity index (χ4v) is 0.711. The van der Waals surface area contributed by atoms with Gasteiger partial charge in [0.15, 0.2) is 12.6 Å². The molecule has 1 saturated heterocycles. The van der Waals surface area contributed by atoms with Crippen LogP contribution in [-0.4, -0.2) is 35.5 Å². The molecule has 0 aromatic carbocycles. The van der Waals surface area contributed by atoms with Gasteiger partial charge in [-0.3, -0.25) is 0 Å². The van der Waals surface area contributed by atoms with Crippen molar-refractivity contribution in [2.24, 2.45) is 0 Å². The molecule has 0 saturated carbocycles. The zero-order chi connectivity index (χ0) is 6.85. The maximum absolute atomic E-state index is 8.52. The van der Waals surface area contributed by atoms with Crippen molar-refractivity contribution >= 4 is 0 Å². The van der Waals surface area contributed by atoms with Crippen LogP contribution in [-0.2, 0) is 9.47 Å². The highest BCUT2D eigenvalue weighted by molar-refractivity contribution is 4.63. The molecule has 9 heavy (non-hydrogen) atoms.